The van der Waals surface area contributed by atoms with E-state index >= 15 is 0 Å². The van der Waals surface area contributed by atoms with Gasteiger partial charge in [-0.2, -0.15) is 0 Å². The maximum Gasteiger partial charge on any atom is 0.0331 e. The fourth-order valence-corrected chi connectivity index (χ4v) is 5.21. The molecule has 1 aromatic carbocycles. The molecule has 0 aromatic heterocycles. The zero-order chi connectivity index (χ0) is 12.4. The van der Waals surface area contributed by atoms with E-state index < -0.39 is 0 Å². The minimum absolute atomic E-state index is 0.295. The zero-order valence-electron chi connectivity index (χ0n) is 11.4. The second kappa shape index (κ2) is 3.60. The molecule has 0 saturated heterocycles. The van der Waals surface area contributed by atoms with Crippen LogP contribution >= 0.6 is 0 Å². The Morgan fingerprint density at radius 3 is 2.44 bits per heavy atom. The van der Waals surface area contributed by atoms with Crippen LogP contribution in [0.1, 0.15) is 42.0 Å². The molecule has 0 spiro atoms. The van der Waals surface area contributed by atoms with Crippen molar-refractivity contribution in [3.05, 3.63) is 34.9 Å². The highest BCUT2D eigenvalue weighted by atomic mass is 14.8. The molecule has 3 fully saturated rings. The van der Waals surface area contributed by atoms with Gasteiger partial charge in [0.15, 0.2) is 0 Å². The zero-order valence-corrected chi connectivity index (χ0v) is 11.4. The fraction of sp³-hybridized carbons (Fsp3) is 0.647. The Morgan fingerprint density at radius 1 is 1.11 bits per heavy atom. The highest BCUT2D eigenvalue weighted by molar-refractivity contribution is 5.37. The Bertz CT molecular complexity index is 476. The quantitative estimate of drug-likeness (QED) is 0.841. The Kier molecular flexibility index (Phi) is 2.21. The van der Waals surface area contributed by atoms with Gasteiger partial charge in [-0.25, -0.2) is 0 Å². The summed E-state index contributed by atoms with van der Waals surface area (Å²) in [6.45, 7) is 4.43. The van der Waals surface area contributed by atoms with Gasteiger partial charge in [0.1, 0.15) is 0 Å². The van der Waals surface area contributed by atoms with Crippen molar-refractivity contribution in [2.24, 2.45) is 35.3 Å². The van der Waals surface area contributed by atoms with Crippen molar-refractivity contribution in [3.63, 3.8) is 0 Å². The van der Waals surface area contributed by atoms with E-state index in [1.165, 1.54) is 36.0 Å². The van der Waals surface area contributed by atoms with Crippen LogP contribution in [0.3, 0.4) is 0 Å². The minimum Gasteiger partial charge on any atom is -0.324 e. The van der Waals surface area contributed by atoms with Crippen molar-refractivity contribution in [1.82, 2.24) is 0 Å². The molecular weight excluding hydrogens is 218 g/mol. The van der Waals surface area contributed by atoms with Crippen molar-refractivity contribution in [2.75, 3.05) is 0 Å². The van der Waals surface area contributed by atoms with Crippen molar-refractivity contribution < 1.29 is 0 Å². The molecule has 5 atom stereocenters. The summed E-state index contributed by atoms with van der Waals surface area (Å²) in [5, 5.41) is 0. The van der Waals surface area contributed by atoms with Crippen LogP contribution < -0.4 is 5.73 Å². The van der Waals surface area contributed by atoms with E-state index in [-0.39, 0.29) is 0 Å². The van der Waals surface area contributed by atoms with E-state index in [0.717, 1.165) is 29.6 Å². The first kappa shape index (κ1) is 11.0. The third-order valence-electron chi connectivity index (χ3n) is 6.22. The summed E-state index contributed by atoms with van der Waals surface area (Å²) in [6.07, 6.45) is 4.50. The molecular formula is C17H23N. The standard InChI is InChI=1S/C17H23N/c1-9-4-3-5-13(10(9)2)17(18)16-14-11-6-7-12(8-11)15(14)16/h3-5,11-12,14-17H,6-8,18H2,1-2H3. The topological polar surface area (TPSA) is 26.0 Å². The molecule has 1 nitrogen and oxygen atoms in total. The van der Waals surface area contributed by atoms with Crippen LogP contribution in [0.4, 0.5) is 0 Å². The van der Waals surface area contributed by atoms with Crippen LogP contribution in [0.15, 0.2) is 18.2 Å². The molecule has 2 bridgehead atoms. The van der Waals surface area contributed by atoms with E-state index in [2.05, 4.69) is 32.0 Å². The molecule has 0 amide bonds. The average Bonchev–Trinajstić information content (AvgIpc) is 2.80. The van der Waals surface area contributed by atoms with Gasteiger partial charge in [0.2, 0.25) is 0 Å². The maximum atomic E-state index is 6.61. The van der Waals surface area contributed by atoms with Crippen molar-refractivity contribution in [1.29, 1.82) is 0 Å². The molecule has 3 saturated carbocycles. The molecule has 2 N–H and O–H groups in total. The lowest BCUT2D eigenvalue weighted by Crippen LogP contribution is -2.18. The van der Waals surface area contributed by atoms with Gasteiger partial charge >= 0.3 is 0 Å². The normalized spacial score (nSPS) is 41.8. The molecule has 18 heavy (non-hydrogen) atoms. The summed E-state index contributed by atoms with van der Waals surface area (Å²) in [6, 6.07) is 6.92. The highest BCUT2D eigenvalue weighted by Gasteiger charge is 2.66. The van der Waals surface area contributed by atoms with Crippen LogP contribution in [-0.2, 0) is 0 Å². The van der Waals surface area contributed by atoms with Gasteiger partial charge in [-0.15, -0.1) is 0 Å². The summed E-state index contributed by atoms with van der Waals surface area (Å²) >= 11 is 0. The highest BCUT2D eigenvalue weighted by Crippen LogP contribution is 2.71. The number of benzene rings is 1. The van der Waals surface area contributed by atoms with Gasteiger partial charge in [0, 0.05) is 6.04 Å². The monoisotopic (exact) mass is 241 g/mol. The molecule has 0 radical (unpaired) electrons. The van der Waals surface area contributed by atoms with Gasteiger partial charge < -0.3 is 5.73 Å². The summed E-state index contributed by atoms with van der Waals surface area (Å²) in [4.78, 5) is 0. The van der Waals surface area contributed by atoms with Crippen LogP contribution in [0.2, 0.25) is 0 Å². The fourth-order valence-electron chi connectivity index (χ4n) is 5.21. The lowest BCUT2D eigenvalue weighted by Gasteiger charge is -2.19. The molecule has 0 heterocycles. The lowest BCUT2D eigenvalue weighted by molar-refractivity contribution is 0.417. The number of rotatable bonds is 2. The third-order valence-corrected chi connectivity index (χ3v) is 6.22. The number of hydrogen-bond acceptors (Lipinski definition) is 1. The number of hydrogen-bond donors (Lipinski definition) is 1. The first-order chi connectivity index (χ1) is 8.68. The first-order valence-corrected chi connectivity index (χ1v) is 7.50. The van der Waals surface area contributed by atoms with Crippen molar-refractivity contribution in [3.8, 4) is 0 Å². The number of nitrogens with two attached hydrogens (primary N) is 1. The molecule has 4 rings (SSSR count). The van der Waals surface area contributed by atoms with Crippen molar-refractivity contribution in [2.45, 2.75) is 39.2 Å². The predicted molar refractivity (Wildman–Crippen MR) is 74.1 cm³/mol. The van der Waals surface area contributed by atoms with Crippen LogP contribution in [-0.4, -0.2) is 0 Å². The Labute approximate surface area is 110 Å². The number of aryl methyl sites for hydroxylation is 1. The van der Waals surface area contributed by atoms with E-state index in [1.807, 2.05) is 0 Å². The van der Waals surface area contributed by atoms with Gasteiger partial charge in [-0.3, -0.25) is 0 Å². The molecule has 5 unspecified atom stereocenters. The van der Waals surface area contributed by atoms with Gasteiger partial charge in [0.25, 0.3) is 0 Å². The largest absolute Gasteiger partial charge is 0.324 e. The molecule has 0 aliphatic heterocycles. The van der Waals surface area contributed by atoms with Gasteiger partial charge in [-0.1, -0.05) is 18.2 Å². The molecule has 1 heteroatoms. The lowest BCUT2D eigenvalue weighted by atomic mass is 9.90. The second-order valence-corrected chi connectivity index (χ2v) is 6.88. The Hall–Kier alpha value is -0.820. The van der Waals surface area contributed by atoms with Crippen LogP contribution in [0.25, 0.3) is 0 Å². The van der Waals surface area contributed by atoms with Gasteiger partial charge in [0.05, 0.1) is 0 Å². The summed E-state index contributed by atoms with van der Waals surface area (Å²) in [5.74, 6) is 4.83. The molecule has 3 aliphatic rings. The minimum atomic E-state index is 0.295. The van der Waals surface area contributed by atoms with E-state index in [0.29, 0.717) is 6.04 Å². The smallest absolute Gasteiger partial charge is 0.0331 e. The number of fused-ring (bicyclic) bond motifs is 5. The Morgan fingerprint density at radius 2 is 1.78 bits per heavy atom. The Balaban J connectivity index is 1.62. The summed E-state index contributed by atoms with van der Waals surface area (Å²) in [7, 11) is 0. The summed E-state index contributed by atoms with van der Waals surface area (Å²) < 4.78 is 0. The summed E-state index contributed by atoms with van der Waals surface area (Å²) in [5.41, 5.74) is 10.8. The van der Waals surface area contributed by atoms with E-state index in [1.54, 1.807) is 0 Å². The molecule has 1 aromatic rings. The van der Waals surface area contributed by atoms with E-state index in [9.17, 15) is 0 Å². The predicted octanol–water partition coefficient (Wildman–Crippen LogP) is 3.60. The second-order valence-electron chi connectivity index (χ2n) is 6.88. The van der Waals surface area contributed by atoms with E-state index in [4.69, 9.17) is 5.73 Å². The molecule has 96 valence electrons. The average molecular weight is 241 g/mol. The molecule has 3 aliphatic carbocycles. The van der Waals surface area contributed by atoms with Gasteiger partial charge in [-0.05, 0) is 79.4 Å². The third kappa shape index (κ3) is 1.31. The van der Waals surface area contributed by atoms with Crippen LogP contribution in [0.5, 0.6) is 0 Å². The van der Waals surface area contributed by atoms with Crippen LogP contribution in [0, 0.1) is 43.4 Å². The van der Waals surface area contributed by atoms with Crippen molar-refractivity contribution >= 4 is 0 Å². The first-order valence-electron chi connectivity index (χ1n) is 7.50. The maximum absolute atomic E-state index is 6.61. The SMILES string of the molecule is Cc1cccc(C(N)C2C3C4CCC(C4)C32)c1C.